The second kappa shape index (κ2) is 4.96. The molecule has 2 aliphatic carbocycles. The van der Waals surface area contributed by atoms with Crippen LogP contribution in [0.25, 0.3) is 5.57 Å². The zero-order valence-corrected chi connectivity index (χ0v) is 11.7. The Morgan fingerprint density at radius 1 is 1.21 bits per heavy atom. The molecule has 1 heteroatoms. The standard InChI is InChI=1S/C18H21F/c1-12-3-9-17(18(19)11-12)15-7-5-14(6-8-15)16-10-4-13(16)2/h3,5,7-9,11,13-14,16H,4,6,10H2,1-2H3/t13-,14?,16?/m1/s1. The van der Waals surface area contributed by atoms with Gasteiger partial charge in [-0.15, -0.1) is 0 Å². The molecule has 19 heavy (non-hydrogen) atoms. The van der Waals surface area contributed by atoms with Gasteiger partial charge in [0.25, 0.3) is 0 Å². The number of aryl methyl sites for hydroxylation is 1. The van der Waals surface area contributed by atoms with Crippen LogP contribution in [0.3, 0.4) is 0 Å². The van der Waals surface area contributed by atoms with Crippen molar-refractivity contribution in [3.63, 3.8) is 0 Å². The third kappa shape index (κ3) is 2.39. The average molecular weight is 256 g/mol. The van der Waals surface area contributed by atoms with E-state index in [-0.39, 0.29) is 5.82 Å². The first-order valence-electron chi connectivity index (χ1n) is 7.30. The molecule has 0 radical (unpaired) electrons. The zero-order chi connectivity index (χ0) is 13.4. The van der Waals surface area contributed by atoms with Crippen LogP contribution in [0.4, 0.5) is 4.39 Å². The molecule has 1 aromatic rings. The van der Waals surface area contributed by atoms with Gasteiger partial charge in [0.15, 0.2) is 0 Å². The molecule has 0 amide bonds. The molecule has 1 saturated carbocycles. The summed E-state index contributed by atoms with van der Waals surface area (Å²) in [7, 11) is 0. The van der Waals surface area contributed by atoms with Crippen LogP contribution in [-0.2, 0) is 0 Å². The van der Waals surface area contributed by atoms with Crippen LogP contribution in [-0.4, -0.2) is 0 Å². The fourth-order valence-electron chi connectivity index (χ4n) is 3.34. The van der Waals surface area contributed by atoms with Gasteiger partial charge >= 0.3 is 0 Å². The van der Waals surface area contributed by atoms with Crippen LogP contribution in [0.5, 0.6) is 0 Å². The van der Waals surface area contributed by atoms with Crippen molar-refractivity contribution in [2.24, 2.45) is 17.8 Å². The number of hydrogen-bond acceptors (Lipinski definition) is 0. The largest absolute Gasteiger partial charge is 0.206 e. The first kappa shape index (κ1) is 12.7. The van der Waals surface area contributed by atoms with Gasteiger partial charge in [0.1, 0.15) is 5.82 Å². The molecular formula is C18H21F. The van der Waals surface area contributed by atoms with Crippen molar-refractivity contribution in [3.8, 4) is 0 Å². The van der Waals surface area contributed by atoms with Gasteiger partial charge < -0.3 is 0 Å². The lowest BCUT2D eigenvalue weighted by molar-refractivity contribution is 0.144. The lowest BCUT2D eigenvalue weighted by Gasteiger charge is -2.39. The Labute approximate surface area is 115 Å². The smallest absolute Gasteiger partial charge is 0.131 e. The Hall–Kier alpha value is -1.37. The SMILES string of the molecule is Cc1ccc(C2=CCC(C3CC[C@H]3C)C=C2)c(F)c1. The molecule has 2 unspecified atom stereocenters. The summed E-state index contributed by atoms with van der Waals surface area (Å²) >= 11 is 0. The van der Waals surface area contributed by atoms with Gasteiger partial charge in [0.2, 0.25) is 0 Å². The summed E-state index contributed by atoms with van der Waals surface area (Å²) in [6, 6.07) is 5.49. The Bertz CT molecular complexity index is 539. The quantitative estimate of drug-likeness (QED) is 0.687. The number of allylic oxidation sites excluding steroid dienone is 4. The van der Waals surface area contributed by atoms with Crippen molar-refractivity contribution in [1.82, 2.24) is 0 Å². The highest BCUT2D eigenvalue weighted by molar-refractivity contribution is 5.75. The van der Waals surface area contributed by atoms with Gasteiger partial charge in [-0.2, -0.15) is 0 Å². The third-order valence-corrected chi connectivity index (χ3v) is 4.80. The van der Waals surface area contributed by atoms with Crippen molar-refractivity contribution in [2.45, 2.75) is 33.1 Å². The maximum atomic E-state index is 14.0. The van der Waals surface area contributed by atoms with Crippen molar-refractivity contribution in [2.75, 3.05) is 0 Å². The summed E-state index contributed by atoms with van der Waals surface area (Å²) < 4.78 is 14.0. The number of hydrogen-bond donors (Lipinski definition) is 0. The third-order valence-electron chi connectivity index (χ3n) is 4.80. The van der Waals surface area contributed by atoms with Gasteiger partial charge in [-0.3, -0.25) is 0 Å². The summed E-state index contributed by atoms with van der Waals surface area (Å²) in [6.45, 7) is 4.27. The highest BCUT2D eigenvalue weighted by Crippen LogP contribution is 2.43. The minimum Gasteiger partial charge on any atom is -0.206 e. The molecule has 1 aromatic carbocycles. The van der Waals surface area contributed by atoms with E-state index in [1.807, 2.05) is 19.1 Å². The van der Waals surface area contributed by atoms with Gasteiger partial charge in [0.05, 0.1) is 0 Å². The monoisotopic (exact) mass is 256 g/mol. The molecule has 100 valence electrons. The lowest BCUT2D eigenvalue weighted by Crippen LogP contribution is -2.29. The summed E-state index contributed by atoms with van der Waals surface area (Å²) in [5.41, 5.74) is 2.76. The van der Waals surface area contributed by atoms with E-state index in [0.29, 0.717) is 5.92 Å². The molecule has 0 aromatic heterocycles. The molecule has 0 saturated heterocycles. The van der Waals surface area contributed by atoms with E-state index < -0.39 is 0 Å². The van der Waals surface area contributed by atoms with Gasteiger partial charge in [-0.25, -0.2) is 4.39 Å². The van der Waals surface area contributed by atoms with E-state index in [1.165, 1.54) is 12.8 Å². The second-order valence-electron chi connectivity index (χ2n) is 6.12. The Kier molecular flexibility index (Phi) is 3.30. The number of halogens is 1. The lowest BCUT2D eigenvalue weighted by atomic mass is 9.66. The minimum atomic E-state index is -0.105. The molecule has 3 atom stereocenters. The maximum Gasteiger partial charge on any atom is 0.131 e. The summed E-state index contributed by atoms with van der Waals surface area (Å²) in [5.74, 6) is 2.27. The first-order chi connectivity index (χ1) is 9.15. The molecule has 0 bridgehead atoms. The Morgan fingerprint density at radius 3 is 2.58 bits per heavy atom. The first-order valence-corrected chi connectivity index (χ1v) is 7.30. The van der Waals surface area contributed by atoms with Gasteiger partial charge in [-0.05, 0) is 54.7 Å². The average Bonchev–Trinajstić information content (AvgIpc) is 2.38. The molecule has 2 aliphatic rings. The molecule has 3 rings (SSSR count). The Morgan fingerprint density at radius 2 is 2.05 bits per heavy atom. The molecular weight excluding hydrogens is 235 g/mol. The van der Waals surface area contributed by atoms with Crippen LogP contribution in [0.1, 0.15) is 37.3 Å². The topological polar surface area (TPSA) is 0 Å². The van der Waals surface area contributed by atoms with Crippen molar-refractivity contribution in [1.29, 1.82) is 0 Å². The second-order valence-corrected chi connectivity index (χ2v) is 6.12. The normalized spacial score (nSPS) is 29.8. The Balaban J connectivity index is 1.76. The fourth-order valence-corrected chi connectivity index (χ4v) is 3.34. The van der Waals surface area contributed by atoms with Crippen molar-refractivity contribution < 1.29 is 4.39 Å². The summed E-state index contributed by atoms with van der Waals surface area (Å²) in [6.07, 6.45) is 10.4. The molecule has 0 spiro atoms. The minimum absolute atomic E-state index is 0.105. The highest BCUT2D eigenvalue weighted by Gasteiger charge is 2.32. The maximum absolute atomic E-state index is 14.0. The van der Waals surface area contributed by atoms with Crippen LogP contribution in [0.15, 0.2) is 36.4 Å². The van der Waals surface area contributed by atoms with Crippen molar-refractivity contribution in [3.05, 3.63) is 53.4 Å². The van der Waals surface area contributed by atoms with Gasteiger partial charge in [-0.1, -0.05) is 43.7 Å². The van der Waals surface area contributed by atoms with Crippen LogP contribution in [0.2, 0.25) is 0 Å². The fraction of sp³-hybridized carbons (Fsp3) is 0.444. The summed E-state index contributed by atoms with van der Waals surface area (Å²) in [4.78, 5) is 0. The van der Waals surface area contributed by atoms with Crippen molar-refractivity contribution >= 4 is 5.57 Å². The van der Waals surface area contributed by atoms with Crippen LogP contribution < -0.4 is 0 Å². The summed E-state index contributed by atoms with van der Waals surface area (Å²) in [5, 5.41) is 0. The molecule has 0 nitrogen and oxygen atoms in total. The highest BCUT2D eigenvalue weighted by atomic mass is 19.1. The van der Waals surface area contributed by atoms with Crippen LogP contribution in [0, 0.1) is 30.5 Å². The molecule has 1 fully saturated rings. The molecule has 0 aliphatic heterocycles. The van der Waals surface area contributed by atoms with Crippen LogP contribution >= 0.6 is 0 Å². The van der Waals surface area contributed by atoms with E-state index in [0.717, 1.165) is 35.0 Å². The van der Waals surface area contributed by atoms with E-state index in [2.05, 4.69) is 25.2 Å². The number of benzene rings is 1. The zero-order valence-electron chi connectivity index (χ0n) is 11.7. The predicted molar refractivity (Wildman–Crippen MR) is 78.2 cm³/mol. The van der Waals surface area contributed by atoms with E-state index in [9.17, 15) is 4.39 Å². The number of rotatable bonds is 2. The molecule has 0 N–H and O–H groups in total. The predicted octanol–water partition coefficient (Wildman–Crippen LogP) is 5.14. The van der Waals surface area contributed by atoms with E-state index in [4.69, 9.17) is 0 Å². The molecule has 0 heterocycles. The van der Waals surface area contributed by atoms with E-state index in [1.54, 1.807) is 6.07 Å². The van der Waals surface area contributed by atoms with E-state index >= 15 is 0 Å². The van der Waals surface area contributed by atoms with Gasteiger partial charge in [0, 0.05) is 5.56 Å².